The number of anilines is 1. The molecule has 1 heterocycles. The molecule has 0 radical (unpaired) electrons. The van der Waals surface area contributed by atoms with E-state index in [2.05, 4.69) is 44.9 Å². The van der Waals surface area contributed by atoms with Crippen LogP contribution in [-0.4, -0.2) is 56.4 Å². The van der Waals surface area contributed by atoms with Crippen molar-refractivity contribution in [3.8, 4) is 11.5 Å². The summed E-state index contributed by atoms with van der Waals surface area (Å²) in [6.45, 7) is 4.80. The van der Waals surface area contributed by atoms with Crippen LogP contribution in [0.1, 0.15) is 12.8 Å². The highest BCUT2D eigenvalue weighted by Crippen LogP contribution is 2.29. The summed E-state index contributed by atoms with van der Waals surface area (Å²) in [4.78, 5) is 5.40. The second-order valence-corrected chi connectivity index (χ2v) is 10.1. The second kappa shape index (κ2) is 12.4. The zero-order valence-electron chi connectivity index (χ0n) is 20.2. The quantitative estimate of drug-likeness (QED) is 0.504. The molecule has 1 N–H and O–H groups in total. The number of methoxy groups -OCH3 is 2. The third kappa shape index (κ3) is 6.76. The van der Waals surface area contributed by atoms with E-state index >= 15 is 0 Å². The fraction of sp³-hybridized carbons (Fsp3) is 0.333. The topological polar surface area (TPSA) is 60.0 Å². The van der Waals surface area contributed by atoms with Crippen LogP contribution in [0.2, 0.25) is 5.02 Å². The fourth-order valence-electron chi connectivity index (χ4n) is 4.29. The Hall–Kier alpha value is -2.58. The summed E-state index contributed by atoms with van der Waals surface area (Å²) < 4.78 is 27.0. The minimum atomic E-state index is -1.48. The molecule has 35 heavy (non-hydrogen) atoms. The van der Waals surface area contributed by atoms with Crippen molar-refractivity contribution in [3.05, 3.63) is 83.1 Å². The third-order valence-corrected chi connectivity index (χ3v) is 7.53. The Kier molecular flexibility index (Phi) is 9.04. The van der Waals surface area contributed by atoms with Crippen LogP contribution in [0.3, 0.4) is 0 Å². The first-order valence-electron chi connectivity index (χ1n) is 11.8. The molecule has 2 aliphatic rings. The van der Waals surface area contributed by atoms with E-state index < -0.39 is 11.4 Å². The number of hydrogen-bond acceptors (Lipinski definition) is 6. The van der Waals surface area contributed by atoms with Gasteiger partial charge in [-0.2, -0.15) is 0 Å². The van der Waals surface area contributed by atoms with Gasteiger partial charge in [-0.15, -0.1) is 0 Å². The lowest BCUT2D eigenvalue weighted by Gasteiger charge is -2.36. The average molecular weight is 514 g/mol. The summed E-state index contributed by atoms with van der Waals surface area (Å²) >= 11 is 4.63. The van der Waals surface area contributed by atoms with Gasteiger partial charge in [-0.25, -0.2) is 4.72 Å². The molecule has 0 aromatic heterocycles. The van der Waals surface area contributed by atoms with E-state index in [9.17, 15) is 4.55 Å². The number of piperazine rings is 1. The first kappa shape index (κ1) is 25.5. The van der Waals surface area contributed by atoms with Crippen LogP contribution in [0.4, 0.5) is 5.69 Å². The predicted molar refractivity (Wildman–Crippen MR) is 144 cm³/mol. The van der Waals surface area contributed by atoms with Gasteiger partial charge in [0.2, 0.25) is 4.90 Å². The smallest absolute Gasteiger partial charge is 0.223 e. The van der Waals surface area contributed by atoms with Crippen molar-refractivity contribution in [2.24, 2.45) is 0 Å². The summed E-state index contributed by atoms with van der Waals surface area (Å²) in [6, 6.07) is 13.3. The molecule has 1 aliphatic heterocycles. The monoisotopic (exact) mass is 513 g/mol. The first-order chi connectivity index (χ1) is 17.1. The third-order valence-electron chi connectivity index (χ3n) is 6.15. The Bertz CT molecular complexity index is 1100. The van der Waals surface area contributed by atoms with Crippen molar-refractivity contribution in [2.75, 3.05) is 51.8 Å². The van der Waals surface area contributed by atoms with Crippen LogP contribution in [0.5, 0.6) is 11.5 Å². The van der Waals surface area contributed by atoms with Crippen molar-refractivity contribution in [3.63, 3.8) is 0 Å². The Labute approximate surface area is 216 Å². The van der Waals surface area contributed by atoms with Crippen molar-refractivity contribution < 1.29 is 14.0 Å². The highest BCUT2D eigenvalue weighted by atomic mass is 35.5. The molecule has 1 saturated heterocycles. The first-order valence-corrected chi connectivity index (χ1v) is 13.3. The van der Waals surface area contributed by atoms with Gasteiger partial charge in [-0.05, 0) is 48.8 Å². The van der Waals surface area contributed by atoms with Gasteiger partial charge in [-0.3, -0.25) is 4.90 Å². The minimum absolute atomic E-state index is 0.522. The molecule has 186 valence electrons. The highest BCUT2D eigenvalue weighted by molar-refractivity contribution is 7.89. The Balaban J connectivity index is 1.34. The lowest BCUT2D eigenvalue weighted by Crippen LogP contribution is -2.47. The lowest BCUT2D eigenvalue weighted by molar-refractivity contribution is 0.278. The molecule has 2 aromatic carbocycles. The van der Waals surface area contributed by atoms with Crippen molar-refractivity contribution >= 4 is 28.7 Å². The van der Waals surface area contributed by atoms with Gasteiger partial charge in [0.15, 0.2) is 5.75 Å². The van der Waals surface area contributed by atoms with E-state index in [0.29, 0.717) is 15.7 Å². The summed E-state index contributed by atoms with van der Waals surface area (Å²) in [5, 5.41) is 0.522. The molecule has 0 saturated carbocycles. The molecule has 1 fully saturated rings. The molecule has 1 unspecified atom stereocenters. The lowest BCUT2D eigenvalue weighted by atomic mass is 10.1. The maximum absolute atomic E-state index is 13.0. The number of nitrogens with zero attached hydrogens (tertiary/aromatic N) is 2. The molecular formula is C27H32ClN3O3S. The molecule has 1 aliphatic carbocycles. The Morgan fingerprint density at radius 3 is 2.46 bits per heavy atom. The van der Waals surface area contributed by atoms with E-state index in [0.717, 1.165) is 62.7 Å². The predicted octanol–water partition coefficient (Wildman–Crippen LogP) is 4.95. The number of halogens is 1. The van der Waals surface area contributed by atoms with Gasteiger partial charge in [-0.1, -0.05) is 42.0 Å². The molecule has 4 rings (SSSR count). The summed E-state index contributed by atoms with van der Waals surface area (Å²) in [5.74, 6) is 1.47. The fourth-order valence-corrected chi connectivity index (χ4v) is 5.57. The molecule has 0 amide bonds. The van der Waals surface area contributed by atoms with Gasteiger partial charge >= 0.3 is 0 Å². The number of ether oxygens (including phenoxy) is 2. The summed E-state index contributed by atoms with van der Waals surface area (Å²) in [5.41, 5.74) is 3.26. The number of nitrogens with one attached hydrogen (secondary N) is 1. The van der Waals surface area contributed by atoms with E-state index in [4.69, 9.17) is 21.1 Å². The minimum Gasteiger partial charge on any atom is -0.588 e. The van der Waals surface area contributed by atoms with Crippen LogP contribution >= 0.6 is 11.6 Å². The zero-order valence-corrected chi connectivity index (χ0v) is 21.8. The number of allylic oxidation sites excluding steroid dienone is 3. The molecule has 8 heteroatoms. The molecule has 2 aromatic rings. The van der Waals surface area contributed by atoms with Crippen LogP contribution in [0.25, 0.3) is 0 Å². The Morgan fingerprint density at radius 1 is 0.943 bits per heavy atom. The number of para-hydroxylation sites is 2. The van der Waals surface area contributed by atoms with Crippen molar-refractivity contribution in [2.45, 2.75) is 17.7 Å². The zero-order chi connectivity index (χ0) is 24.6. The Morgan fingerprint density at radius 2 is 1.69 bits per heavy atom. The second-order valence-electron chi connectivity index (χ2n) is 8.45. The average Bonchev–Trinajstić information content (AvgIpc) is 2.88. The normalized spacial score (nSPS) is 19.1. The molecule has 0 bridgehead atoms. The van der Waals surface area contributed by atoms with Crippen LogP contribution < -0.4 is 19.1 Å². The van der Waals surface area contributed by atoms with E-state index in [1.54, 1.807) is 32.4 Å². The van der Waals surface area contributed by atoms with Crippen molar-refractivity contribution in [1.82, 2.24) is 9.62 Å². The largest absolute Gasteiger partial charge is 0.588 e. The maximum atomic E-state index is 13.0. The van der Waals surface area contributed by atoms with Gasteiger partial charge < -0.3 is 18.9 Å². The van der Waals surface area contributed by atoms with E-state index in [1.807, 2.05) is 18.2 Å². The van der Waals surface area contributed by atoms with E-state index in [-0.39, 0.29) is 0 Å². The van der Waals surface area contributed by atoms with Crippen LogP contribution in [-0.2, 0) is 11.4 Å². The van der Waals surface area contributed by atoms with Crippen molar-refractivity contribution in [1.29, 1.82) is 0 Å². The van der Waals surface area contributed by atoms with Gasteiger partial charge in [0, 0.05) is 43.8 Å². The van der Waals surface area contributed by atoms with Crippen LogP contribution in [0, 0.1) is 0 Å². The maximum Gasteiger partial charge on any atom is 0.223 e. The molecule has 1 atom stereocenters. The number of hydrogen-bond donors (Lipinski definition) is 1. The van der Waals surface area contributed by atoms with Crippen LogP contribution in [0.15, 0.2) is 82.9 Å². The molecule has 6 nitrogen and oxygen atoms in total. The van der Waals surface area contributed by atoms with Gasteiger partial charge in [0.25, 0.3) is 0 Å². The SMILES string of the molecule is COc1ccccc1N1CCN(CC2=CCC/C=C(\N[S+]([O-])c3cc(Cl)ccc3OC)C=C2)CC1. The highest BCUT2D eigenvalue weighted by Gasteiger charge is 2.21. The van der Waals surface area contributed by atoms with Gasteiger partial charge in [0.1, 0.15) is 17.1 Å². The molecular weight excluding hydrogens is 482 g/mol. The van der Waals surface area contributed by atoms with E-state index in [1.165, 1.54) is 5.57 Å². The number of benzene rings is 2. The summed E-state index contributed by atoms with van der Waals surface area (Å²) in [7, 11) is 3.29. The molecule has 0 spiro atoms. The summed E-state index contributed by atoms with van der Waals surface area (Å²) in [6.07, 6.45) is 10.3. The standard InChI is InChI=1S/C27H32ClN3O3S/c1-33-25-10-6-5-9-24(25)31-17-15-30(16-18-31)20-21-7-3-4-8-23(13-11-21)29-35(32)27-19-22(28)12-14-26(27)34-2/h5-14,19,29H,3-4,15-18,20H2,1-2H3/b13-11?,21-7?,23-8-. The number of rotatable bonds is 8. The van der Waals surface area contributed by atoms with Gasteiger partial charge in [0.05, 0.1) is 25.6 Å².